The van der Waals surface area contributed by atoms with Crippen LogP contribution in [0.1, 0.15) is 0 Å². The number of primary amides is 1. The van der Waals surface area contributed by atoms with Gasteiger partial charge in [-0.1, -0.05) is 12.1 Å². The zero-order valence-electron chi connectivity index (χ0n) is 18.2. The minimum Gasteiger partial charge on any atom is -0.493 e. The lowest BCUT2D eigenvalue weighted by Crippen LogP contribution is -2.29. The molecule has 0 bridgehead atoms. The number of rotatable bonds is 8. The number of carbonyl (C=O) groups excluding carboxylic acids is 1. The van der Waals surface area contributed by atoms with E-state index >= 15 is 0 Å². The molecule has 2 aromatic heterocycles. The van der Waals surface area contributed by atoms with Crippen molar-refractivity contribution in [1.29, 1.82) is 0 Å². The molecule has 1 amide bonds. The number of methoxy groups -OCH3 is 3. The van der Waals surface area contributed by atoms with Gasteiger partial charge in [0.05, 0.1) is 32.4 Å². The fraction of sp³-hybridized carbons (Fsp3) is 0.182. The molecule has 33 heavy (non-hydrogen) atoms. The number of amides is 1. The highest BCUT2D eigenvalue weighted by Gasteiger charge is 2.18. The zero-order valence-corrected chi connectivity index (χ0v) is 18.2. The average Bonchev–Trinajstić information content (AvgIpc) is 3.09. The molecule has 0 unspecified atom stereocenters. The predicted octanol–water partition coefficient (Wildman–Crippen LogP) is 1.84. The minimum absolute atomic E-state index is 0.236. The Kier molecular flexibility index (Phi) is 5.85. The predicted molar refractivity (Wildman–Crippen MR) is 122 cm³/mol. The van der Waals surface area contributed by atoms with Crippen LogP contribution in [0.25, 0.3) is 16.9 Å². The number of nitrogens with zero attached hydrogens (tertiary/aromatic N) is 4. The molecule has 170 valence electrons. The van der Waals surface area contributed by atoms with Gasteiger partial charge in [0.25, 0.3) is 0 Å². The van der Waals surface area contributed by atoms with Crippen molar-refractivity contribution in [3.63, 3.8) is 0 Å². The Morgan fingerprint density at radius 1 is 1.03 bits per heavy atom. The molecule has 0 spiro atoms. The van der Waals surface area contributed by atoms with Crippen LogP contribution in [0.3, 0.4) is 0 Å². The second-order valence-corrected chi connectivity index (χ2v) is 6.94. The van der Waals surface area contributed by atoms with Crippen LogP contribution < -0.4 is 31.0 Å². The first kappa shape index (κ1) is 21.7. The van der Waals surface area contributed by atoms with Gasteiger partial charge in [-0.2, -0.15) is 4.98 Å². The standard InChI is InChI=1S/C22H22N6O5/c1-31-16-10-13(11-17(32-2)20(16)33-3)25-21-24-9-8-19(26-21)28-15-7-5-4-6-14(15)27(22(28)30)12-18(23)29/h4-11H,12H2,1-3H3,(H2,23,29)(H,24,25,26). The Morgan fingerprint density at radius 3 is 2.30 bits per heavy atom. The maximum absolute atomic E-state index is 13.1. The van der Waals surface area contributed by atoms with Gasteiger partial charge in [0.1, 0.15) is 12.4 Å². The summed E-state index contributed by atoms with van der Waals surface area (Å²) in [7, 11) is 4.56. The number of para-hydroxylation sites is 2. The van der Waals surface area contributed by atoms with Gasteiger partial charge < -0.3 is 25.3 Å². The average molecular weight is 450 g/mol. The summed E-state index contributed by atoms with van der Waals surface area (Å²) in [5.41, 5.74) is 6.64. The van der Waals surface area contributed by atoms with Crippen molar-refractivity contribution < 1.29 is 19.0 Å². The van der Waals surface area contributed by atoms with E-state index in [0.29, 0.717) is 39.8 Å². The van der Waals surface area contributed by atoms with Crippen LogP contribution in [0.4, 0.5) is 11.6 Å². The Morgan fingerprint density at radius 2 is 1.70 bits per heavy atom. The fourth-order valence-corrected chi connectivity index (χ4v) is 3.55. The third-order valence-corrected chi connectivity index (χ3v) is 4.94. The SMILES string of the molecule is COc1cc(Nc2nccc(-n3c(=O)n(CC(N)=O)c4ccccc43)n2)cc(OC)c1OC. The maximum atomic E-state index is 13.1. The second kappa shape index (κ2) is 8.91. The molecule has 4 rings (SSSR count). The van der Waals surface area contributed by atoms with E-state index in [1.807, 2.05) is 0 Å². The first-order chi connectivity index (χ1) is 16.0. The summed E-state index contributed by atoms with van der Waals surface area (Å²) < 4.78 is 18.8. The number of hydrogen-bond donors (Lipinski definition) is 2. The molecule has 0 fully saturated rings. The number of aromatic nitrogens is 4. The number of nitrogens with one attached hydrogen (secondary N) is 1. The third kappa shape index (κ3) is 4.03. The number of anilines is 2. The molecule has 11 heteroatoms. The minimum atomic E-state index is -0.618. The molecular formula is C22H22N6O5. The molecule has 2 aromatic carbocycles. The van der Waals surface area contributed by atoms with Gasteiger partial charge in [0, 0.05) is 30.1 Å². The maximum Gasteiger partial charge on any atom is 0.335 e. The molecule has 4 aromatic rings. The quantitative estimate of drug-likeness (QED) is 0.415. The van der Waals surface area contributed by atoms with E-state index in [1.54, 1.807) is 42.5 Å². The van der Waals surface area contributed by atoms with Crippen molar-refractivity contribution in [1.82, 2.24) is 19.1 Å². The van der Waals surface area contributed by atoms with Gasteiger partial charge in [-0.15, -0.1) is 0 Å². The molecule has 11 nitrogen and oxygen atoms in total. The lowest BCUT2D eigenvalue weighted by atomic mass is 10.2. The van der Waals surface area contributed by atoms with Crippen molar-refractivity contribution in [3.05, 3.63) is 59.1 Å². The summed E-state index contributed by atoms with van der Waals surface area (Å²) in [5.74, 6) is 1.31. The van der Waals surface area contributed by atoms with Crippen LogP contribution >= 0.6 is 0 Å². The number of ether oxygens (including phenoxy) is 3. The molecule has 0 aliphatic carbocycles. The molecule has 0 aliphatic rings. The summed E-state index contributed by atoms with van der Waals surface area (Å²) >= 11 is 0. The highest BCUT2D eigenvalue weighted by molar-refractivity contribution is 5.81. The topological polar surface area (TPSA) is 136 Å². The summed E-state index contributed by atoms with van der Waals surface area (Å²) in [4.78, 5) is 33.4. The number of benzene rings is 2. The molecule has 2 heterocycles. The molecule has 0 radical (unpaired) electrons. The molecular weight excluding hydrogens is 428 g/mol. The van der Waals surface area contributed by atoms with Crippen LogP contribution in [-0.2, 0) is 11.3 Å². The van der Waals surface area contributed by atoms with Crippen molar-refractivity contribution in [2.75, 3.05) is 26.6 Å². The first-order valence-electron chi connectivity index (χ1n) is 9.85. The highest BCUT2D eigenvalue weighted by atomic mass is 16.5. The lowest BCUT2D eigenvalue weighted by molar-refractivity contribution is -0.118. The highest BCUT2D eigenvalue weighted by Crippen LogP contribution is 2.40. The van der Waals surface area contributed by atoms with E-state index in [4.69, 9.17) is 19.9 Å². The van der Waals surface area contributed by atoms with Crippen LogP contribution in [0.15, 0.2) is 53.5 Å². The molecule has 0 atom stereocenters. The van der Waals surface area contributed by atoms with Crippen LogP contribution in [-0.4, -0.2) is 46.3 Å². The Labute approximate surface area is 188 Å². The number of nitrogens with two attached hydrogens (primary N) is 1. The first-order valence-corrected chi connectivity index (χ1v) is 9.85. The molecule has 0 saturated carbocycles. The van der Waals surface area contributed by atoms with Crippen molar-refractivity contribution in [3.8, 4) is 23.1 Å². The van der Waals surface area contributed by atoms with E-state index in [0.717, 1.165) is 0 Å². The molecule has 3 N–H and O–H groups in total. The van der Waals surface area contributed by atoms with Crippen LogP contribution in [0, 0.1) is 0 Å². The van der Waals surface area contributed by atoms with Crippen molar-refractivity contribution >= 4 is 28.6 Å². The normalized spacial score (nSPS) is 10.8. The number of hydrogen-bond acceptors (Lipinski definition) is 8. The van der Waals surface area contributed by atoms with Gasteiger partial charge in [-0.3, -0.25) is 9.36 Å². The van der Waals surface area contributed by atoms with Gasteiger partial charge in [0.15, 0.2) is 11.5 Å². The number of carbonyl (C=O) groups is 1. The van der Waals surface area contributed by atoms with Crippen LogP contribution in [0.5, 0.6) is 17.2 Å². The van der Waals surface area contributed by atoms with E-state index < -0.39 is 11.6 Å². The summed E-state index contributed by atoms with van der Waals surface area (Å²) in [6.45, 7) is -0.242. The van der Waals surface area contributed by atoms with Crippen molar-refractivity contribution in [2.24, 2.45) is 5.73 Å². The fourth-order valence-electron chi connectivity index (χ4n) is 3.55. The van der Waals surface area contributed by atoms with E-state index in [2.05, 4.69) is 15.3 Å². The Balaban J connectivity index is 1.78. The van der Waals surface area contributed by atoms with E-state index in [-0.39, 0.29) is 12.5 Å². The Bertz CT molecular complexity index is 1370. The monoisotopic (exact) mass is 450 g/mol. The van der Waals surface area contributed by atoms with E-state index in [1.165, 1.54) is 36.7 Å². The van der Waals surface area contributed by atoms with Gasteiger partial charge in [-0.05, 0) is 12.1 Å². The summed E-state index contributed by atoms with van der Waals surface area (Å²) in [6, 6.07) is 12.1. The van der Waals surface area contributed by atoms with Gasteiger partial charge >= 0.3 is 5.69 Å². The lowest BCUT2D eigenvalue weighted by Gasteiger charge is -2.14. The summed E-state index contributed by atoms with van der Waals surface area (Å²) in [6.07, 6.45) is 1.52. The largest absolute Gasteiger partial charge is 0.493 e. The molecule has 0 aliphatic heterocycles. The third-order valence-electron chi connectivity index (χ3n) is 4.94. The van der Waals surface area contributed by atoms with E-state index in [9.17, 15) is 9.59 Å². The van der Waals surface area contributed by atoms with Crippen LogP contribution in [0.2, 0.25) is 0 Å². The molecule has 0 saturated heterocycles. The Hall–Kier alpha value is -4.54. The zero-order chi connectivity index (χ0) is 23.5. The second-order valence-electron chi connectivity index (χ2n) is 6.94. The van der Waals surface area contributed by atoms with Gasteiger partial charge in [0.2, 0.25) is 17.6 Å². The van der Waals surface area contributed by atoms with Gasteiger partial charge in [-0.25, -0.2) is 14.3 Å². The van der Waals surface area contributed by atoms with Crippen molar-refractivity contribution in [2.45, 2.75) is 6.54 Å². The summed E-state index contributed by atoms with van der Waals surface area (Å²) in [5, 5.41) is 3.09. The smallest absolute Gasteiger partial charge is 0.335 e. The number of imidazole rings is 1. The number of fused-ring (bicyclic) bond motifs is 1.